The Morgan fingerprint density at radius 1 is 1.00 bits per heavy atom. The Bertz CT molecular complexity index is 835. The molecule has 3 rings (SSSR count). The first-order valence-corrected chi connectivity index (χ1v) is 8.87. The number of hydrogen-bond acceptors (Lipinski definition) is 3. The van der Waals surface area contributed by atoms with Crippen LogP contribution >= 0.6 is 0 Å². The molecule has 7 heteroatoms. The number of carbonyl (C=O) groups excluding carboxylic acids is 1. The summed E-state index contributed by atoms with van der Waals surface area (Å²) in [6.07, 6.45) is -4.74. The third-order valence-corrected chi connectivity index (χ3v) is 4.46. The molecule has 0 N–H and O–H groups in total. The molecule has 4 nitrogen and oxygen atoms in total. The fourth-order valence-corrected chi connectivity index (χ4v) is 3.16. The second kappa shape index (κ2) is 6.94. The number of rotatable bonds is 1. The van der Waals surface area contributed by atoms with Crippen molar-refractivity contribution in [2.75, 3.05) is 31.1 Å². The van der Waals surface area contributed by atoms with Gasteiger partial charge in [-0.05, 0) is 44.4 Å². The van der Waals surface area contributed by atoms with Crippen LogP contribution in [0.25, 0.3) is 10.8 Å². The molecule has 1 amide bonds. The quantitative estimate of drug-likeness (QED) is 0.704. The summed E-state index contributed by atoms with van der Waals surface area (Å²) in [5.74, 6) is 0. The van der Waals surface area contributed by atoms with Gasteiger partial charge >= 0.3 is 12.3 Å². The summed E-state index contributed by atoms with van der Waals surface area (Å²) in [5, 5.41) is 1.33. The number of benzene rings is 2. The molecule has 2 aromatic carbocycles. The number of hydrogen-bond donors (Lipinski definition) is 0. The minimum Gasteiger partial charge on any atom is -0.444 e. The maximum Gasteiger partial charge on any atom is 0.416 e. The maximum absolute atomic E-state index is 13.1. The first-order valence-electron chi connectivity index (χ1n) is 8.87. The Morgan fingerprint density at radius 3 is 2.26 bits per heavy atom. The topological polar surface area (TPSA) is 32.8 Å². The van der Waals surface area contributed by atoms with E-state index in [0.717, 1.165) is 17.1 Å². The summed E-state index contributed by atoms with van der Waals surface area (Å²) < 4.78 is 44.7. The van der Waals surface area contributed by atoms with Crippen molar-refractivity contribution in [2.45, 2.75) is 32.5 Å². The van der Waals surface area contributed by atoms with Gasteiger partial charge in [-0.15, -0.1) is 0 Å². The summed E-state index contributed by atoms with van der Waals surface area (Å²) in [7, 11) is 0. The smallest absolute Gasteiger partial charge is 0.416 e. The summed E-state index contributed by atoms with van der Waals surface area (Å²) in [4.78, 5) is 15.8. The fraction of sp³-hybridized carbons (Fsp3) is 0.450. The molecule has 2 aromatic rings. The molecule has 0 aliphatic carbocycles. The number of ether oxygens (including phenoxy) is 1. The van der Waals surface area contributed by atoms with E-state index in [2.05, 4.69) is 0 Å². The molecular weight excluding hydrogens is 357 g/mol. The van der Waals surface area contributed by atoms with Crippen LogP contribution in [0.3, 0.4) is 0 Å². The maximum atomic E-state index is 13.1. The van der Waals surface area contributed by atoms with Crippen LogP contribution in [0.1, 0.15) is 26.3 Å². The van der Waals surface area contributed by atoms with E-state index >= 15 is 0 Å². The van der Waals surface area contributed by atoms with Crippen LogP contribution in [-0.4, -0.2) is 42.8 Å². The van der Waals surface area contributed by atoms with Crippen molar-refractivity contribution in [1.29, 1.82) is 0 Å². The number of fused-ring (bicyclic) bond motifs is 1. The lowest BCUT2D eigenvalue weighted by atomic mass is 10.0. The highest BCUT2D eigenvalue weighted by atomic mass is 19.4. The molecule has 0 spiro atoms. The highest BCUT2D eigenvalue weighted by Gasteiger charge is 2.31. The summed E-state index contributed by atoms with van der Waals surface area (Å²) in [6.45, 7) is 7.44. The lowest BCUT2D eigenvalue weighted by molar-refractivity contribution is -0.137. The van der Waals surface area contributed by atoms with Crippen molar-refractivity contribution in [3.05, 3.63) is 42.0 Å². The van der Waals surface area contributed by atoms with Crippen LogP contribution < -0.4 is 4.90 Å². The zero-order valence-corrected chi connectivity index (χ0v) is 15.6. The van der Waals surface area contributed by atoms with E-state index in [1.807, 2.05) is 37.8 Å². The Labute approximate surface area is 156 Å². The highest BCUT2D eigenvalue weighted by Crippen LogP contribution is 2.35. The lowest BCUT2D eigenvalue weighted by Crippen LogP contribution is -2.50. The normalized spacial score (nSPS) is 15.9. The molecule has 1 aliphatic rings. The summed E-state index contributed by atoms with van der Waals surface area (Å²) >= 11 is 0. The van der Waals surface area contributed by atoms with Crippen molar-refractivity contribution in [2.24, 2.45) is 0 Å². The number of piperazine rings is 1. The minimum atomic E-state index is -4.38. The lowest BCUT2D eigenvalue weighted by Gasteiger charge is -2.37. The van der Waals surface area contributed by atoms with E-state index in [1.165, 1.54) is 12.1 Å². The zero-order valence-electron chi connectivity index (χ0n) is 15.6. The van der Waals surface area contributed by atoms with Crippen LogP contribution in [0.5, 0.6) is 0 Å². The average Bonchev–Trinajstić information content (AvgIpc) is 2.58. The molecule has 146 valence electrons. The van der Waals surface area contributed by atoms with Gasteiger partial charge in [0.1, 0.15) is 5.60 Å². The van der Waals surface area contributed by atoms with E-state index in [-0.39, 0.29) is 6.09 Å². The van der Waals surface area contributed by atoms with Crippen molar-refractivity contribution >= 4 is 22.6 Å². The van der Waals surface area contributed by atoms with Crippen LogP contribution in [0.2, 0.25) is 0 Å². The van der Waals surface area contributed by atoms with E-state index in [1.54, 1.807) is 11.0 Å². The molecule has 1 fully saturated rings. The van der Waals surface area contributed by atoms with Gasteiger partial charge in [-0.3, -0.25) is 0 Å². The molecule has 0 atom stereocenters. The third-order valence-electron chi connectivity index (χ3n) is 4.46. The minimum absolute atomic E-state index is 0.362. The number of amides is 1. The van der Waals surface area contributed by atoms with E-state index in [4.69, 9.17) is 4.74 Å². The molecule has 0 bridgehead atoms. The van der Waals surface area contributed by atoms with Gasteiger partial charge in [0.15, 0.2) is 0 Å². The van der Waals surface area contributed by atoms with Gasteiger partial charge in [0.25, 0.3) is 0 Å². The second-order valence-electron chi connectivity index (χ2n) is 7.67. The van der Waals surface area contributed by atoms with Gasteiger partial charge in [0.2, 0.25) is 0 Å². The van der Waals surface area contributed by atoms with Gasteiger partial charge in [0.05, 0.1) is 5.56 Å². The van der Waals surface area contributed by atoms with Crippen LogP contribution in [-0.2, 0) is 10.9 Å². The van der Waals surface area contributed by atoms with Crippen molar-refractivity contribution in [3.63, 3.8) is 0 Å². The van der Waals surface area contributed by atoms with Gasteiger partial charge in [-0.1, -0.05) is 18.2 Å². The largest absolute Gasteiger partial charge is 0.444 e. The first-order chi connectivity index (χ1) is 12.5. The molecule has 0 unspecified atom stereocenters. The predicted octanol–water partition coefficient (Wildman–Crippen LogP) is 4.92. The van der Waals surface area contributed by atoms with Crippen molar-refractivity contribution < 1.29 is 22.7 Å². The summed E-state index contributed by atoms with van der Waals surface area (Å²) in [6, 6.07) is 9.27. The number of alkyl halides is 3. The SMILES string of the molecule is CC(C)(C)OC(=O)N1CCN(c2cccc3ccc(C(F)(F)F)cc23)CC1. The summed E-state index contributed by atoms with van der Waals surface area (Å²) in [5.41, 5.74) is -0.463. The Balaban J connectivity index is 1.80. The Morgan fingerprint density at radius 2 is 1.67 bits per heavy atom. The number of nitrogens with zero attached hydrogens (tertiary/aromatic N) is 2. The predicted molar refractivity (Wildman–Crippen MR) is 99.0 cm³/mol. The van der Waals surface area contributed by atoms with Gasteiger partial charge < -0.3 is 14.5 Å². The third kappa shape index (κ3) is 4.46. The first kappa shape index (κ1) is 19.3. The monoisotopic (exact) mass is 380 g/mol. The number of anilines is 1. The number of carbonyl (C=O) groups is 1. The van der Waals surface area contributed by atoms with Crippen molar-refractivity contribution in [3.8, 4) is 0 Å². The second-order valence-corrected chi connectivity index (χ2v) is 7.67. The molecule has 0 aromatic heterocycles. The molecule has 0 radical (unpaired) electrons. The van der Waals surface area contributed by atoms with Crippen LogP contribution in [0.15, 0.2) is 36.4 Å². The van der Waals surface area contributed by atoms with E-state index < -0.39 is 17.3 Å². The van der Waals surface area contributed by atoms with E-state index in [9.17, 15) is 18.0 Å². The Hall–Kier alpha value is -2.44. The Kier molecular flexibility index (Phi) is 4.97. The van der Waals surface area contributed by atoms with Crippen LogP contribution in [0.4, 0.5) is 23.7 Å². The number of halogens is 3. The average molecular weight is 380 g/mol. The van der Waals surface area contributed by atoms with Crippen molar-refractivity contribution in [1.82, 2.24) is 4.90 Å². The van der Waals surface area contributed by atoms with Crippen LogP contribution in [0, 0.1) is 0 Å². The molecular formula is C20H23F3N2O2. The highest BCUT2D eigenvalue weighted by molar-refractivity contribution is 5.95. The molecule has 27 heavy (non-hydrogen) atoms. The van der Waals surface area contributed by atoms with Gasteiger partial charge in [-0.25, -0.2) is 4.79 Å². The van der Waals surface area contributed by atoms with Gasteiger partial charge in [-0.2, -0.15) is 13.2 Å². The molecule has 1 saturated heterocycles. The molecule has 1 heterocycles. The molecule has 0 saturated carbocycles. The zero-order chi connectivity index (χ0) is 19.8. The van der Waals surface area contributed by atoms with Gasteiger partial charge in [0, 0.05) is 37.3 Å². The standard InChI is InChI=1S/C20H23F3N2O2/c1-19(2,3)27-18(26)25-11-9-24(10-12-25)17-6-4-5-14-7-8-15(13-16(14)17)20(21,22)23/h4-8,13H,9-12H2,1-3H3. The fourth-order valence-electron chi connectivity index (χ4n) is 3.16. The van der Waals surface area contributed by atoms with E-state index in [0.29, 0.717) is 31.6 Å². The molecule has 1 aliphatic heterocycles.